The summed E-state index contributed by atoms with van der Waals surface area (Å²) in [5.41, 5.74) is 0.782. The van der Waals surface area contributed by atoms with Crippen molar-refractivity contribution in [3.05, 3.63) is 88.4 Å². The van der Waals surface area contributed by atoms with Gasteiger partial charge in [0.1, 0.15) is 18.3 Å². The average molecular weight is 647 g/mol. The second kappa shape index (κ2) is 14.9. The second-order valence-electron chi connectivity index (χ2n) is 10.5. The van der Waals surface area contributed by atoms with Crippen LogP contribution in [0.15, 0.2) is 77.7 Å². The van der Waals surface area contributed by atoms with Gasteiger partial charge < -0.3 is 15.0 Å². The Hall–Kier alpha value is -3.27. The van der Waals surface area contributed by atoms with Gasteiger partial charge in [-0.15, -0.1) is 0 Å². The van der Waals surface area contributed by atoms with E-state index in [1.165, 1.54) is 24.1 Å². The van der Waals surface area contributed by atoms with E-state index in [1.54, 1.807) is 60.7 Å². The van der Waals surface area contributed by atoms with Gasteiger partial charge in [0.05, 0.1) is 17.7 Å². The summed E-state index contributed by atoms with van der Waals surface area (Å²) in [6.07, 6.45) is 5.30. The molecular formula is C32H37Cl2N3O5S. The van der Waals surface area contributed by atoms with Gasteiger partial charge >= 0.3 is 0 Å². The van der Waals surface area contributed by atoms with Crippen LogP contribution in [0.4, 0.5) is 5.69 Å². The third-order valence-electron chi connectivity index (χ3n) is 7.66. The fraction of sp³-hybridized carbons (Fsp3) is 0.375. The average Bonchev–Trinajstić information content (AvgIpc) is 3.01. The molecule has 1 N–H and O–H groups in total. The van der Waals surface area contributed by atoms with Gasteiger partial charge in [-0.25, -0.2) is 8.42 Å². The Morgan fingerprint density at radius 1 is 0.977 bits per heavy atom. The number of halogens is 2. The number of carbonyl (C=O) groups is 2. The molecule has 1 atom stereocenters. The number of methoxy groups -OCH3 is 1. The largest absolute Gasteiger partial charge is 0.495 e. The number of para-hydroxylation sites is 2. The summed E-state index contributed by atoms with van der Waals surface area (Å²) >= 11 is 12.6. The van der Waals surface area contributed by atoms with Crippen molar-refractivity contribution in [2.75, 3.05) is 18.0 Å². The maximum atomic E-state index is 14.3. The zero-order valence-corrected chi connectivity index (χ0v) is 26.7. The number of hydrogen-bond acceptors (Lipinski definition) is 5. The van der Waals surface area contributed by atoms with E-state index in [0.29, 0.717) is 22.0 Å². The SMILES string of the molecule is CC[C@H](C(=O)NC1CCCCC1)N(Cc1ccc(Cl)cc1Cl)C(=O)CN(c1ccccc1OC)S(=O)(=O)c1ccccc1. The minimum absolute atomic E-state index is 0.0167. The third kappa shape index (κ3) is 8.02. The highest BCUT2D eigenvalue weighted by atomic mass is 35.5. The molecule has 0 aromatic heterocycles. The molecule has 1 aliphatic rings. The summed E-state index contributed by atoms with van der Waals surface area (Å²) in [7, 11) is -2.78. The minimum Gasteiger partial charge on any atom is -0.495 e. The van der Waals surface area contributed by atoms with Crippen LogP contribution in [0.5, 0.6) is 5.75 Å². The molecule has 0 spiro atoms. The maximum Gasteiger partial charge on any atom is 0.264 e. The van der Waals surface area contributed by atoms with E-state index in [4.69, 9.17) is 27.9 Å². The van der Waals surface area contributed by atoms with Crippen molar-refractivity contribution in [2.24, 2.45) is 0 Å². The molecule has 0 aliphatic heterocycles. The number of rotatable bonds is 12. The molecule has 3 aromatic carbocycles. The van der Waals surface area contributed by atoms with E-state index in [2.05, 4.69) is 5.32 Å². The molecule has 0 saturated heterocycles. The first kappa shape index (κ1) is 32.6. The number of ether oxygens (including phenoxy) is 1. The Kier molecular flexibility index (Phi) is 11.3. The van der Waals surface area contributed by atoms with Gasteiger partial charge in [0.2, 0.25) is 11.8 Å². The highest BCUT2D eigenvalue weighted by Gasteiger charge is 2.35. The summed E-state index contributed by atoms with van der Waals surface area (Å²) in [5.74, 6) is -0.561. The first-order valence-corrected chi connectivity index (χ1v) is 16.6. The lowest BCUT2D eigenvalue weighted by Crippen LogP contribution is -2.54. The zero-order valence-electron chi connectivity index (χ0n) is 24.3. The van der Waals surface area contributed by atoms with Gasteiger partial charge in [0.15, 0.2) is 0 Å². The lowest BCUT2D eigenvalue weighted by atomic mass is 9.95. The molecule has 2 amide bonds. The summed E-state index contributed by atoms with van der Waals surface area (Å²) in [6, 6.07) is 18.6. The van der Waals surface area contributed by atoms with Crippen molar-refractivity contribution in [1.29, 1.82) is 0 Å². The second-order valence-corrected chi connectivity index (χ2v) is 13.2. The van der Waals surface area contributed by atoms with E-state index >= 15 is 0 Å². The number of carbonyl (C=O) groups excluding carboxylic acids is 2. The number of nitrogens with zero attached hydrogens (tertiary/aromatic N) is 2. The molecule has 0 heterocycles. The van der Waals surface area contributed by atoms with Crippen molar-refractivity contribution < 1.29 is 22.7 Å². The highest BCUT2D eigenvalue weighted by Crippen LogP contribution is 2.33. The number of nitrogens with one attached hydrogen (secondary N) is 1. The number of benzene rings is 3. The van der Waals surface area contributed by atoms with Crippen LogP contribution in [0.2, 0.25) is 10.0 Å². The Morgan fingerprint density at radius 2 is 1.65 bits per heavy atom. The number of amides is 2. The van der Waals surface area contributed by atoms with E-state index in [1.807, 2.05) is 6.92 Å². The molecule has 230 valence electrons. The van der Waals surface area contributed by atoms with Crippen molar-refractivity contribution in [3.8, 4) is 5.75 Å². The predicted octanol–water partition coefficient (Wildman–Crippen LogP) is 6.45. The van der Waals surface area contributed by atoms with Gasteiger partial charge in [-0.05, 0) is 61.2 Å². The summed E-state index contributed by atoms with van der Waals surface area (Å²) < 4.78 is 34.6. The summed E-state index contributed by atoms with van der Waals surface area (Å²) in [5, 5.41) is 3.91. The Labute approximate surface area is 264 Å². The minimum atomic E-state index is -4.22. The Morgan fingerprint density at radius 3 is 2.30 bits per heavy atom. The first-order valence-electron chi connectivity index (χ1n) is 14.4. The molecule has 11 heteroatoms. The topological polar surface area (TPSA) is 96.0 Å². The Bertz CT molecular complexity index is 1510. The lowest BCUT2D eigenvalue weighted by molar-refractivity contribution is -0.140. The van der Waals surface area contributed by atoms with Gasteiger partial charge in [0, 0.05) is 22.6 Å². The molecule has 0 radical (unpaired) electrons. The van der Waals surface area contributed by atoms with Crippen LogP contribution < -0.4 is 14.4 Å². The summed E-state index contributed by atoms with van der Waals surface area (Å²) in [6.45, 7) is 1.24. The van der Waals surface area contributed by atoms with E-state index < -0.39 is 28.5 Å². The lowest BCUT2D eigenvalue weighted by Gasteiger charge is -2.34. The third-order valence-corrected chi connectivity index (χ3v) is 10.0. The fourth-order valence-corrected chi connectivity index (χ4v) is 7.28. The number of sulfonamides is 1. The fourth-order valence-electron chi connectivity index (χ4n) is 5.37. The van der Waals surface area contributed by atoms with Gasteiger partial charge in [0.25, 0.3) is 10.0 Å². The monoisotopic (exact) mass is 645 g/mol. The van der Waals surface area contributed by atoms with Gasteiger partial charge in [-0.2, -0.15) is 0 Å². The quantitative estimate of drug-likeness (QED) is 0.244. The molecule has 8 nitrogen and oxygen atoms in total. The van der Waals surface area contributed by atoms with Crippen LogP contribution in [-0.4, -0.2) is 50.9 Å². The molecule has 3 aromatic rings. The number of anilines is 1. The number of hydrogen-bond donors (Lipinski definition) is 1. The Balaban J connectivity index is 1.74. The molecule has 4 rings (SSSR count). The predicted molar refractivity (Wildman–Crippen MR) is 170 cm³/mol. The van der Waals surface area contributed by atoms with Crippen LogP contribution in [0.1, 0.15) is 51.0 Å². The maximum absolute atomic E-state index is 14.3. The summed E-state index contributed by atoms with van der Waals surface area (Å²) in [4.78, 5) is 29.4. The van der Waals surface area contributed by atoms with Crippen LogP contribution >= 0.6 is 23.2 Å². The first-order chi connectivity index (χ1) is 20.6. The smallest absolute Gasteiger partial charge is 0.264 e. The molecule has 0 bridgehead atoms. The zero-order chi connectivity index (χ0) is 31.0. The highest BCUT2D eigenvalue weighted by molar-refractivity contribution is 7.92. The van der Waals surface area contributed by atoms with Crippen molar-refractivity contribution in [1.82, 2.24) is 10.2 Å². The normalized spacial score (nSPS) is 14.5. The van der Waals surface area contributed by atoms with Crippen molar-refractivity contribution in [2.45, 2.75) is 69.0 Å². The van der Waals surface area contributed by atoms with Crippen LogP contribution in [-0.2, 0) is 26.2 Å². The van der Waals surface area contributed by atoms with E-state index in [-0.39, 0.29) is 34.8 Å². The van der Waals surface area contributed by atoms with Crippen molar-refractivity contribution >= 4 is 50.7 Å². The molecular weight excluding hydrogens is 609 g/mol. The molecule has 0 unspecified atom stereocenters. The molecule has 1 saturated carbocycles. The van der Waals surface area contributed by atoms with E-state index in [9.17, 15) is 18.0 Å². The standard InChI is InChI=1S/C32H37Cl2N3O5S/c1-3-28(32(39)35-25-12-6-4-7-13-25)36(21-23-18-19-24(33)20-27(23)34)31(38)22-37(29-16-10-11-17-30(29)42-2)43(40,41)26-14-8-5-9-15-26/h5,8-11,14-20,25,28H,3-4,6-7,12-13,21-22H2,1-2H3,(H,35,39)/t28-/m1/s1. The van der Waals surface area contributed by atoms with Crippen LogP contribution in [0, 0.1) is 0 Å². The van der Waals surface area contributed by atoms with Crippen LogP contribution in [0.3, 0.4) is 0 Å². The molecule has 43 heavy (non-hydrogen) atoms. The van der Waals surface area contributed by atoms with Crippen LogP contribution in [0.25, 0.3) is 0 Å². The van der Waals surface area contributed by atoms with Gasteiger partial charge in [-0.3, -0.25) is 13.9 Å². The molecule has 1 aliphatic carbocycles. The molecule has 1 fully saturated rings. The van der Waals surface area contributed by atoms with Gasteiger partial charge in [-0.1, -0.05) is 85.8 Å². The van der Waals surface area contributed by atoms with E-state index in [0.717, 1.165) is 36.4 Å². The van der Waals surface area contributed by atoms with Crippen molar-refractivity contribution in [3.63, 3.8) is 0 Å².